The lowest BCUT2D eigenvalue weighted by Crippen LogP contribution is -1.78. The van der Waals surface area contributed by atoms with Crippen LogP contribution in [0.25, 0.3) is 17.4 Å². The van der Waals surface area contributed by atoms with Crippen LogP contribution in [-0.2, 0) is 4.79 Å². The van der Waals surface area contributed by atoms with Crippen molar-refractivity contribution < 1.29 is 18.7 Å². The Morgan fingerprint density at radius 2 is 2.14 bits per heavy atom. The molecule has 1 aromatic carbocycles. The lowest BCUT2D eigenvalue weighted by molar-refractivity contribution is -0.110. The number of carbonyl (C=O) groups is 1. The Bertz CT molecular complexity index is 774. The summed E-state index contributed by atoms with van der Waals surface area (Å²) in [7, 11) is 0. The van der Waals surface area contributed by atoms with E-state index in [2.05, 4.69) is 6.58 Å². The van der Waals surface area contributed by atoms with Gasteiger partial charge in [0.25, 0.3) is 0 Å². The van der Waals surface area contributed by atoms with Crippen LogP contribution in [-0.4, -0.2) is 10.2 Å². The highest BCUT2D eigenvalue weighted by Gasteiger charge is 2.21. The molecule has 0 bridgehead atoms. The third kappa shape index (κ3) is 2.78. The number of hydrogen-bond donors (Lipinski definition) is 1. The molecule has 3 nitrogen and oxygen atoms in total. The van der Waals surface area contributed by atoms with Gasteiger partial charge in [-0.3, -0.25) is 4.79 Å². The smallest absolute Gasteiger partial charge is 0.198 e. The zero-order valence-corrected chi connectivity index (χ0v) is 11.7. The number of allylic oxidation sites excluding steroid dienone is 1. The van der Waals surface area contributed by atoms with Crippen molar-refractivity contribution in [2.24, 2.45) is 0 Å². The SMILES string of the molecule is C=C1CC(=O)S/C1=C\c1ccc(-c2ccc(F)cc2O)o1. The lowest BCUT2D eigenvalue weighted by Gasteiger charge is -2.01. The number of benzene rings is 1. The van der Waals surface area contributed by atoms with E-state index in [0.717, 1.165) is 28.3 Å². The van der Waals surface area contributed by atoms with Gasteiger partial charge in [-0.2, -0.15) is 0 Å². The maximum Gasteiger partial charge on any atom is 0.198 e. The van der Waals surface area contributed by atoms with E-state index in [1.807, 2.05) is 0 Å². The number of rotatable bonds is 2. The summed E-state index contributed by atoms with van der Waals surface area (Å²) in [5.74, 6) is 0.284. The molecule has 1 fully saturated rings. The summed E-state index contributed by atoms with van der Waals surface area (Å²) in [4.78, 5) is 12.1. The molecule has 21 heavy (non-hydrogen) atoms. The Morgan fingerprint density at radius 3 is 2.81 bits per heavy atom. The fourth-order valence-electron chi connectivity index (χ4n) is 2.04. The highest BCUT2D eigenvalue weighted by molar-refractivity contribution is 8.17. The van der Waals surface area contributed by atoms with Gasteiger partial charge in [-0.25, -0.2) is 4.39 Å². The van der Waals surface area contributed by atoms with E-state index < -0.39 is 5.82 Å². The van der Waals surface area contributed by atoms with Gasteiger partial charge >= 0.3 is 0 Å². The summed E-state index contributed by atoms with van der Waals surface area (Å²) in [6, 6.07) is 7.14. The number of aromatic hydroxyl groups is 1. The minimum Gasteiger partial charge on any atom is -0.507 e. The van der Waals surface area contributed by atoms with Crippen molar-refractivity contribution >= 4 is 23.0 Å². The zero-order valence-electron chi connectivity index (χ0n) is 10.9. The monoisotopic (exact) mass is 302 g/mol. The van der Waals surface area contributed by atoms with Crippen LogP contribution in [0.3, 0.4) is 0 Å². The number of furan rings is 1. The summed E-state index contributed by atoms with van der Waals surface area (Å²) >= 11 is 1.14. The van der Waals surface area contributed by atoms with Crippen LogP contribution in [0.5, 0.6) is 5.75 Å². The number of thioether (sulfide) groups is 1. The van der Waals surface area contributed by atoms with Crippen LogP contribution in [0.1, 0.15) is 12.2 Å². The van der Waals surface area contributed by atoms with Crippen molar-refractivity contribution in [2.75, 3.05) is 0 Å². The predicted octanol–water partition coefficient (Wildman–Crippen LogP) is 4.35. The van der Waals surface area contributed by atoms with Crippen LogP contribution in [0.4, 0.5) is 4.39 Å². The Kier molecular flexibility index (Phi) is 3.43. The molecular weight excluding hydrogens is 291 g/mol. The molecule has 1 aromatic heterocycles. The topological polar surface area (TPSA) is 50.4 Å². The Morgan fingerprint density at radius 1 is 1.33 bits per heavy atom. The Labute approximate surface area is 124 Å². The summed E-state index contributed by atoms with van der Waals surface area (Å²) in [6.45, 7) is 3.84. The second-order valence-corrected chi connectivity index (χ2v) is 5.73. The van der Waals surface area contributed by atoms with Gasteiger partial charge in [-0.15, -0.1) is 0 Å². The Balaban J connectivity index is 1.92. The predicted molar refractivity (Wildman–Crippen MR) is 80.1 cm³/mol. The van der Waals surface area contributed by atoms with E-state index in [9.17, 15) is 14.3 Å². The quantitative estimate of drug-likeness (QED) is 0.896. The highest BCUT2D eigenvalue weighted by atomic mass is 32.2. The molecule has 0 spiro atoms. The molecular formula is C16H11FO3S. The minimum atomic E-state index is -0.512. The Hall–Kier alpha value is -2.27. The van der Waals surface area contributed by atoms with Gasteiger partial charge in [0.1, 0.15) is 23.1 Å². The third-order valence-corrected chi connectivity index (χ3v) is 4.05. The molecule has 0 aliphatic carbocycles. The third-order valence-electron chi connectivity index (χ3n) is 3.06. The minimum absolute atomic E-state index is 0.0641. The fraction of sp³-hybridized carbons (Fsp3) is 0.0625. The van der Waals surface area contributed by atoms with E-state index >= 15 is 0 Å². The molecule has 0 radical (unpaired) electrons. The fourth-order valence-corrected chi connectivity index (χ4v) is 2.92. The molecule has 0 atom stereocenters. The first-order chi connectivity index (χ1) is 10.0. The summed E-state index contributed by atoms with van der Waals surface area (Å²) in [5.41, 5.74) is 1.18. The largest absolute Gasteiger partial charge is 0.507 e. The van der Waals surface area contributed by atoms with Gasteiger partial charge in [0.05, 0.1) is 5.56 Å². The molecule has 106 valence electrons. The number of phenolic OH excluding ortho intramolecular Hbond substituents is 1. The molecule has 1 saturated heterocycles. The van der Waals surface area contributed by atoms with Crippen molar-refractivity contribution in [3.05, 3.63) is 59.0 Å². The number of carbonyl (C=O) groups excluding carboxylic acids is 1. The first kappa shape index (κ1) is 13.7. The van der Waals surface area contributed by atoms with Gasteiger partial charge in [-0.1, -0.05) is 18.3 Å². The van der Waals surface area contributed by atoms with Crippen molar-refractivity contribution in [1.82, 2.24) is 0 Å². The normalized spacial score (nSPS) is 16.9. The van der Waals surface area contributed by atoms with E-state index in [0.29, 0.717) is 23.5 Å². The first-order valence-corrected chi connectivity index (χ1v) is 7.04. The maximum absolute atomic E-state index is 13.0. The standard InChI is InChI=1S/C16H11FO3S/c1-9-6-16(19)21-15(9)8-11-3-5-14(20-11)12-4-2-10(17)7-13(12)18/h2-5,7-8,18H,1,6H2/b15-8-. The van der Waals surface area contributed by atoms with Crippen LogP contribution >= 0.6 is 11.8 Å². The summed E-state index contributed by atoms with van der Waals surface area (Å²) in [5, 5.41) is 9.80. The number of phenols is 1. The summed E-state index contributed by atoms with van der Waals surface area (Å²) < 4.78 is 18.6. The van der Waals surface area contributed by atoms with E-state index in [1.54, 1.807) is 18.2 Å². The highest BCUT2D eigenvalue weighted by Crippen LogP contribution is 2.38. The van der Waals surface area contributed by atoms with Gasteiger partial charge < -0.3 is 9.52 Å². The van der Waals surface area contributed by atoms with Crippen molar-refractivity contribution in [3.63, 3.8) is 0 Å². The second kappa shape index (κ2) is 5.26. The van der Waals surface area contributed by atoms with Gasteiger partial charge in [0.2, 0.25) is 0 Å². The zero-order chi connectivity index (χ0) is 15.0. The average molecular weight is 302 g/mol. The molecule has 5 heteroatoms. The number of hydrogen-bond acceptors (Lipinski definition) is 4. The number of halogens is 1. The lowest BCUT2D eigenvalue weighted by atomic mass is 10.1. The van der Waals surface area contributed by atoms with Crippen molar-refractivity contribution in [3.8, 4) is 17.1 Å². The second-order valence-electron chi connectivity index (χ2n) is 4.63. The van der Waals surface area contributed by atoms with Crippen LogP contribution in [0.15, 0.2) is 51.8 Å². The summed E-state index contributed by atoms with van der Waals surface area (Å²) in [6.07, 6.45) is 2.09. The van der Waals surface area contributed by atoms with Crippen molar-refractivity contribution in [1.29, 1.82) is 0 Å². The van der Waals surface area contributed by atoms with E-state index in [1.165, 1.54) is 12.1 Å². The van der Waals surface area contributed by atoms with Gasteiger partial charge in [0, 0.05) is 17.4 Å². The van der Waals surface area contributed by atoms with Gasteiger partial charge in [0.15, 0.2) is 5.12 Å². The van der Waals surface area contributed by atoms with Crippen LogP contribution in [0.2, 0.25) is 0 Å². The molecule has 0 saturated carbocycles. The van der Waals surface area contributed by atoms with E-state index in [4.69, 9.17) is 4.42 Å². The molecule has 0 amide bonds. The first-order valence-electron chi connectivity index (χ1n) is 6.22. The molecule has 2 aromatic rings. The average Bonchev–Trinajstić information content (AvgIpc) is 2.97. The molecule has 0 unspecified atom stereocenters. The van der Waals surface area contributed by atoms with Crippen LogP contribution in [0, 0.1) is 5.82 Å². The van der Waals surface area contributed by atoms with Gasteiger partial charge in [-0.05, 0) is 35.9 Å². The van der Waals surface area contributed by atoms with Crippen LogP contribution < -0.4 is 0 Å². The van der Waals surface area contributed by atoms with E-state index in [-0.39, 0.29) is 10.9 Å². The molecule has 1 aliphatic heterocycles. The van der Waals surface area contributed by atoms with Crippen molar-refractivity contribution in [2.45, 2.75) is 6.42 Å². The molecule has 3 rings (SSSR count). The molecule has 1 aliphatic rings. The maximum atomic E-state index is 13.0. The molecule has 2 heterocycles. The molecule has 1 N–H and O–H groups in total.